The minimum atomic E-state index is -1.36. The second-order valence-corrected chi connectivity index (χ2v) is 10.4. The molecule has 0 aliphatic carbocycles. The van der Waals surface area contributed by atoms with Crippen molar-refractivity contribution >= 4 is 23.5 Å². The maximum absolute atomic E-state index is 13.3. The smallest absolute Gasteiger partial charge is 0.329 e. The van der Waals surface area contributed by atoms with Gasteiger partial charge in [-0.2, -0.15) is 0 Å². The van der Waals surface area contributed by atoms with Crippen molar-refractivity contribution in [1.82, 2.24) is 5.32 Å². The molecule has 222 valence electrons. The normalized spacial score (nSPS) is 15.2. The Morgan fingerprint density at radius 1 is 0.881 bits per heavy atom. The maximum Gasteiger partial charge on any atom is 0.329 e. The van der Waals surface area contributed by atoms with Gasteiger partial charge >= 0.3 is 11.9 Å². The number of benzene rings is 3. The summed E-state index contributed by atoms with van der Waals surface area (Å²) < 4.78 is 16.7. The molecule has 3 aromatic carbocycles. The molecule has 1 heterocycles. The fraction of sp³-hybridized carbons (Fsp3) is 0.364. The molecule has 0 bridgehead atoms. The third-order valence-electron chi connectivity index (χ3n) is 7.55. The zero-order valence-corrected chi connectivity index (χ0v) is 24.0. The molecule has 0 saturated carbocycles. The SMILES string of the molecule is COC(OC)C1CCN(c2ccc(C(=O)N[C@H](CC(=O)O)C(=O)OC(Cc3ccccc3)c3ccccc3)cc2)CC1. The minimum absolute atomic E-state index is 0.218. The van der Waals surface area contributed by atoms with E-state index in [1.807, 2.05) is 72.8 Å². The topological polar surface area (TPSA) is 114 Å². The number of anilines is 1. The molecule has 1 aliphatic heterocycles. The molecule has 9 heteroatoms. The van der Waals surface area contributed by atoms with Gasteiger partial charge in [-0.3, -0.25) is 9.59 Å². The van der Waals surface area contributed by atoms with Crippen molar-refractivity contribution < 1.29 is 33.7 Å². The lowest BCUT2D eigenvalue weighted by atomic mass is 9.95. The molecule has 0 aromatic heterocycles. The molecule has 1 unspecified atom stereocenters. The van der Waals surface area contributed by atoms with E-state index in [-0.39, 0.29) is 6.29 Å². The van der Waals surface area contributed by atoms with Crippen molar-refractivity contribution in [2.24, 2.45) is 5.92 Å². The van der Waals surface area contributed by atoms with Crippen LogP contribution in [0.2, 0.25) is 0 Å². The highest BCUT2D eigenvalue weighted by Gasteiger charge is 2.30. The number of aliphatic carboxylic acids is 1. The summed E-state index contributed by atoms with van der Waals surface area (Å²) in [6, 6.07) is 24.5. The van der Waals surface area contributed by atoms with Gasteiger partial charge in [-0.15, -0.1) is 0 Å². The first-order chi connectivity index (χ1) is 20.4. The summed E-state index contributed by atoms with van der Waals surface area (Å²) >= 11 is 0. The predicted octanol–water partition coefficient (Wildman–Crippen LogP) is 4.62. The van der Waals surface area contributed by atoms with E-state index in [9.17, 15) is 19.5 Å². The van der Waals surface area contributed by atoms with Crippen molar-refractivity contribution in [2.45, 2.75) is 44.1 Å². The Labute approximate surface area is 246 Å². The second kappa shape index (κ2) is 15.1. The number of rotatable bonds is 13. The van der Waals surface area contributed by atoms with Crippen LogP contribution in [0.3, 0.4) is 0 Å². The summed E-state index contributed by atoms with van der Waals surface area (Å²) in [7, 11) is 3.30. The number of hydrogen-bond acceptors (Lipinski definition) is 7. The van der Waals surface area contributed by atoms with Crippen molar-refractivity contribution in [3.05, 3.63) is 102 Å². The van der Waals surface area contributed by atoms with E-state index >= 15 is 0 Å². The average Bonchev–Trinajstić information content (AvgIpc) is 3.02. The first kappa shape index (κ1) is 30.7. The molecule has 42 heavy (non-hydrogen) atoms. The summed E-state index contributed by atoms with van der Waals surface area (Å²) in [6.07, 6.45) is 0.768. The molecule has 1 fully saturated rings. The quantitative estimate of drug-likeness (QED) is 0.225. The van der Waals surface area contributed by atoms with Gasteiger partial charge in [-0.1, -0.05) is 60.7 Å². The molecular weight excluding hydrogens is 536 g/mol. The summed E-state index contributed by atoms with van der Waals surface area (Å²) in [4.78, 5) is 40.2. The van der Waals surface area contributed by atoms with Gasteiger partial charge in [-0.25, -0.2) is 4.79 Å². The number of ether oxygens (including phenoxy) is 3. The zero-order valence-electron chi connectivity index (χ0n) is 24.0. The van der Waals surface area contributed by atoms with E-state index in [0.29, 0.717) is 17.9 Å². The van der Waals surface area contributed by atoms with E-state index in [1.54, 1.807) is 26.4 Å². The van der Waals surface area contributed by atoms with E-state index in [0.717, 1.165) is 42.7 Å². The molecule has 1 saturated heterocycles. The molecule has 1 amide bonds. The lowest BCUT2D eigenvalue weighted by molar-refractivity contribution is -0.155. The molecule has 1 aliphatic rings. The fourth-order valence-electron chi connectivity index (χ4n) is 5.29. The van der Waals surface area contributed by atoms with Crippen LogP contribution < -0.4 is 10.2 Å². The van der Waals surface area contributed by atoms with Crippen LogP contribution in [-0.2, 0) is 30.2 Å². The second-order valence-electron chi connectivity index (χ2n) is 10.4. The van der Waals surface area contributed by atoms with E-state index < -0.39 is 36.4 Å². The number of carbonyl (C=O) groups is 3. The van der Waals surface area contributed by atoms with Gasteiger partial charge in [0.2, 0.25) is 0 Å². The number of nitrogens with one attached hydrogen (secondary N) is 1. The first-order valence-corrected chi connectivity index (χ1v) is 14.1. The Hall–Kier alpha value is -4.21. The Kier molecular flexibility index (Phi) is 11.1. The van der Waals surface area contributed by atoms with Gasteiger partial charge in [-0.05, 0) is 48.2 Å². The van der Waals surface area contributed by atoms with Crippen LogP contribution in [0.4, 0.5) is 5.69 Å². The highest BCUT2D eigenvalue weighted by atomic mass is 16.7. The van der Waals surface area contributed by atoms with Crippen LogP contribution in [0.25, 0.3) is 0 Å². The van der Waals surface area contributed by atoms with Gasteiger partial charge < -0.3 is 29.5 Å². The van der Waals surface area contributed by atoms with Crippen LogP contribution in [0.15, 0.2) is 84.9 Å². The molecule has 0 spiro atoms. The Bertz CT molecular complexity index is 1290. The summed E-state index contributed by atoms with van der Waals surface area (Å²) in [6.45, 7) is 1.66. The molecule has 0 radical (unpaired) electrons. The monoisotopic (exact) mass is 574 g/mol. The highest BCUT2D eigenvalue weighted by Crippen LogP contribution is 2.27. The number of carboxylic acids is 1. The van der Waals surface area contributed by atoms with Gasteiger partial charge in [0, 0.05) is 50.9 Å². The summed E-state index contributed by atoms with van der Waals surface area (Å²) in [5.41, 5.74) is 3.03. The lowest BCUT2D eigenvalue weighted by Crippen LogP contribution is -2.43. The molecule has 3 aromatic rings. The van der Waals surface area contributed by atoms with Gasteiger partial charge in [0.05, 0.1) is 6.42 Å². The largest absolute Gasteiger partial charge is 0.481 e. The zero-order chi connectivity index (χ0) is 29.9. The number of esters is 1. The number of carbonyl (C=O) groups excluding carboxylic acids is 2. The summed E-state index contributed by atoms with van der Waals surface area (Å²) in [5.74, 6) is -2.26. The minimum Gasteiger partial charge on any atom is -0.481 e. The van der Waals surface area contributed by atoms with Crippen molar-refractivity contribution in [3.63, 3.8) is 0 Å². The van der Waals surface area contributed by atoms with E-state index in [4.69, 9.17) is 14.2 Å². The van der Waals surface area contributed by atoms with Gasteiger partial charge in [0.15, 0.2) is 6.29 Å². The first-order valence-electron chi connectivity index (χ1n) is 14.1. The van der Waals surface area contributed by atoms with Crippen LogP contribution in [0, 0.1) is 5.92 Å². The lowest BCUT2D eigenvalue weighted by Gasteiger charge is -2.36. The van der Waals surface area contributed by atoms with Crippen LogP contribution in [0.5, 0.6) is 0 Å². The number of carboxylic acid groups (broad SMARTS) is 1. The van der Waals surface area contributed by atoms with Crippen molar-refractivity contribution in [3.8, 4) is 0 Å². The molecule has 4 rings (SSSR count). The molecule has 2 N–H and O–H groups in total. The molecule has 9 nitrogen and oxygen atoms in total. The fourth-order valence-corrected chi connectivity index (χ4v) is 5.29. The highest BCUT2D eigenvalue weighted by molar-refractivity contribution is 5.97. The van der Waals surface area contributed by atoms with Crippen molar-refractivity contribution in [2.75, 3.05) is 32.2 Å². The standard InChI is InChI=1S/C33H38N2O7/c1-40-33(41-2)26-17-19-35(20-18-26)27-15-13-25(14-16-27)31(38)34-28(22-30(36)37)32(39)42-29(24-11-7-4-8-12-24)21-23-9-5-3-6-10-23/h3-16,26,28-29,33H,17-22H2,1-2H3,(H,34,38)(H,36,37)/t28-,29?/m1/s1. The van der Waals surface area contributed by atoms with E-state index in [1.165, 1.54) is 0 Å². The molecular formula is C33H38N2O7. The third-order valence-corrected chi connectivity index (χ3v) is 7.55. The van der Waals surface area contributed by atoms with E-state index in [2.05, 4.69) is 10.2 Å². The molecule has 2 atom stereocenters. The Balaban J connectivity index is 1.41. The van der Waals surface area contributed by atoms with Crippen LogP contribution >= 0.6 is 0 Å². The number of piperidine rings is 1. The number of nitrogens with zero attached hydrogens (tertiary/aromatic N) is 1. The summed E-state index contributed by atoms with van der Waals surface area (Å²) in [5, 5.41) is 12.1. The van der Waals surface area contributed by atoms with Crippen LogP contribution in [0.1, 0.15) is 46.9 Å². The average molecular weight is 575 g/mol. The number of hydrogen-bond donors (Lipinski definition) is 2. The Morgan fingerprint density at radius 2 is 1.48 bits per heavy atom. The van der Waals surface area contributed by atoms with Gasteiger partial charge in [0.25, 0.3) is 5.91 Å². The third kappa shape index (κ3) is 8.41. The van der Waals surface area contributed by atoms with Gasteiger partial charge in [0.1, 0.15) is 12.1 Å². The Morgan fingerprint density at radius 3 is 2.05 bits per heavy atom. The maximum atomic E-state index is 13.3. The van der Waals surface area contributed by atoms with Crippen molar-refractivity contribution in [1.29, 1.82) is 0 Å². The number of methoxy groups -OCH3 is 2. The van der Waals surface area contributed by atoms with Crippen LogP contribution in [-0.4, -0.2) is 62.6 Å². The predicted molar refractivity (Wildman–Crippen MR) is 158 cm³/mol. The number of amides is 1.